The molecule has 1 aromatic carbocycles. The van der Waals surface area contributed by atoms with Gasteiger partial charge < -0.3 is 4.74 Å². The van der Waals surface area contributed by atoms with Crippen LogP contribution in [0, 0.1) is 29.5 Å². The molecule has 0 aliphatic heterocycles. The molecule has 0 radical (unpaired) electrons. The number of nitrogens with zero attached hydrogens (tertiary/aromatic N) is 3. The molecule has 0 saturated heterocycles. The van der Waals surface area contributed by atoms with E-state index in [1.807, 2.05) is 0 Å². The molecule has 126 valence electrons. The van der Waals surface area contributed by atoms with Crippen LogP contribution in [0.25, 0.3) is 4.96 Å². The molecule has 0 unspecified atom stereocenters. The zero-order valence-electron chi connectivity index (χ0n) is 13.5. The predicted molar refractivity (Wildman–Crippen MR) is 91.8 cm³/mol. The van der Waals surface area contributed by atoms with Crippen molar-refractivity contribution in [1.82, 2.24) is 9.38 Å². The number of aryl methyl sites for hydroxylation is 1. The number of hydrogen-bond acceptors (Lipinski definition) is 6. The Kier molecular flexibility index (Phi) is 4.33. The Balaban J connectivity index is 2.10. The third-order valence-corrected chi connectivity index (χ3v) is 4.69. The number of fused-ring (bicyclic) bond motifs is 1. The maximum Gasteiger partial charge on any atom is 0.259 e. The number of methoxy groups -OCH3 is 1. The lowest BCUT2D eigenvalue weighted by Gasteiger charge is -2.06. The van der Waals surface area contributed by atoms with Crippen LogP contribution in [0.4, 0.5) is 4.39 Å². The summed E-state index contributed by atoms with van der Waals surface area (Å²) in [4.78, 5) is 18.0. The number of nitrogens with one attached hydrogen (secondary N) is 1. The Bertz CT molecular complexity index is 1090. The highest BCUT2D eigenvalue weighted by molar-refractivity contribution is 7.17. The van der Waals surface area contributed by atoms with Crippen molar-refractivity contribution in [3.63, 3.8) is 0 Å². The van der Waals surface area contributed by atoms with Gasteiger partial charge in [-0.25, -0.2) is 13.8 Å². The molecule has 0 spiro atoms. The van der Waals surface area contributed by atoms with Crippen LogP contribution in [0.2, 0.25) is 0 Å². The number of rotatable bonds is 3. The molecule has 0 aliphatic carbocycles. The van der Waals surface area contributed by atoms with E-state index in [4.69, 9.17) is 15.4 Å². The first-order valence-electron chi connectivity index (χ1n) is 7.28. The number of thiazole rings is 1. The van der Waals surface area contributed by atoms with Crippen LogP contribution < -0.4 is 5.56 Å². The third kappa shape index (κ3) is 2.90. The average molecular weight is 356 g/mol. The zero-order valence-corrected chi connectivity index (χ0v) is 14.3. The van der Waals surface area contributed by atoms with Gasteiger partial charge in [-0.15, -0.1) is 11.3 Å². The quantitative estimate of drug-likeness (QED) is 0.577. The third-order valence-electron chi connectivity index (χ3n) is 3.73. The SMILES string of the molecule is COC(=N)c1c(C)sc2nc(Cc3cccc(C#N)c3F)cc(=O)n12. The van der Waals surface area contributed by atoms with Crippen molar-refractivity contribution >= 4 is 22.2 Å². The molecule has 0 bridgehead atoms. The van der Waals surface area contributed by atoms with Crippen LogP contribution in [0.3, 0.4) is 0 Å². The molecule has 0 fully saturated rings. The highest BCUT2D eigenvalue weighted by Gasteiger charge is 2.18. The van der Waals surface area contributed by atoms with E-state index < -0.39 is 5.82 Å². The molecule has 3 rings (SSSR count). The number of benzene rings is 1. The largest absolute Gasteiger partial charge is 0.480 e. The van der Waals surface area contributed by atoms with E-state index >= 15 is 0 Å². The molecule has 0 aliphatic rings. The standard InChI is InChI=1S/C17H13FN4O2S/c1-9-15(16(20)24-2)22-13(23)7-12(21-17(22)25-9)6-10-4-3-5-11(8-19)14(10)18/h3-5,7,20H,6H2,1-2H3. The topological polar surface area (TPSA) is 91.2 Å². The fourth-order valence-corrected chi connectivity index (χ4v) is 3.56. The Morgan fingerprint density at radius 3 is 2.96 bits per heavy atom. The molecule has 25 heavy (non-hydrogen) atoms. The van der Waals surface area contributed by atoms with E-state index in [9.17, 15) is 9.18 Å². The molecule has 6 nitrogen and oxygen atoms in total. The molecule has 3 aromatic rings. The number of nitriles is 1. The molecule has 8 heteroatoms. The van der Waals surface area contributed by atoms with Crippen LogP contribution in [0.5, 0.6) is 0 Å². The van der Waals surface area contributed by atoms with Crippen molar-refractivity contribution in [1.29, 1.82) is 10.7 Å². The monoisotopic (exact) mass is 356 g/mol. The average Bonchev–Trinajstić information content (AvgIpc) is 2.92. The van der Waals surface area contributed by atoms with Gasteiger partial charge in [-0.2, -0.15) is 5.26 Å². The highest BCUT2D eigenvalue weighted by Crippen LogP contribution is 2.22. The first-order valence-corrected chi connectivity index (χ1v) is 8.10. The van der Waals surface area contributed by atoms with Crippen molar-refractivity contribution in [2.24, 2.45) is 0 Å². The first kappa shape index (κ1) is 16.8. The van der Waals surface area contributed by atoms with Crippen molar-refractivity contribution < 1.29 is 9.13 Å². The van der Waals surface area contributed by atoms with Gasteiger partial charge >= 0.3 is 0 Å². The molecule has 0 saturated carbocycles. The van der Waals surface area contributed by atoms with Gasteiger partial charge in [-0.1, -0.05) is 12.1 Å². The molecule has 1 N–H and O–H groups in total. The number of ether oxygens (including phenoxy) is 1. The second kappa shape index (κ2) is 6.45. The molecule has 0 atom stereocenters. The Hall–Kier alpha value is -3.05. The summed E-state index contributed by atoms with van der Waals surface area (Å²) in [6, 6.07) is 7.66. The van der Waals surface area contributed by atoms with E-state index in [0.29, 0.717) is 21.9 Å². The first-order chi connectivity index (χ1) is 12.0. The van der Waals surface area contributed by atoms with Gasteiger partial charge in [0.15, 0.2) is 4.96 Å². The highest BCUT2D eigenvalue weighted by atomic mass is 32.1. The normalized spacial score (nSPS) is 10.6. The van der Waals surface area contributed by atoms with Crippen LogP contribution in [-0.4, -0.2) is 22.4 Å². The number of hydrogen-bond donors (Lipinski definition) is 1. The van der Waals surface area contributed by atoms with E-state index in [1.54, 1.807) is 25.1 Å². The minimum Gasteiger partial charge on any atom is -0.480 e. The van der Waals surface area contributed by atoms with Gasteiger partial charge in [-0.05, 0) is 18.6 Å². The fourth-order valence-electron chi connectivity index (χ4n) is 2.57. The smallest absolute Gasteiger partial charge is 0.259 e. The summed E-state index contributed by atoms with van der Waals surface area (Å²) in [5.74, 6) is -0.718. The van der Waals surface area contributed by atoms with E-state index in [-0.39, 0.29) is 23.4 Å². The van der Waals surface area contributed by atoms with Gasteiger partial charge in [0.2, 0.25) is 5.90 Å². The Labute approximate surface area is 146 Å². The van der Waals surface area contributed by atoms with E-state index in [0.717, 1.165) is 4.88 Å². The summed E-state index contributed by atoms with van der Waals surface area (Å²) < 4.78 is 20.5. The predicted octanol–water partition coefficient (Wildman–Crippen LogP) is 2.64. The molecular weight excluding hydrogens is 343 g/mol. The van der Waals surface area contributed by atoms with Crippen LogP contribution in [0.15, 0.2) is 29.1 Å². The second-order valence-corrected chi connectivity index (χ2v) is 6.49. The summed E-state index contributed by atoms with van der Waals surface area (Å²) in [5.41, 5.74) is 0.657. The van der Waals surface area contributed by atoms with Gasteiger partial charge in [0.25, 0.3) is 5.56 Å². The van der Waals surface area contributed by atoms with Crippen molar-refractivity contribution in [3.05, 3.63) is 67.8 Å². The lowest BCUT2D eigenvalue weighted by atomic mass is 10.1. The van der Waals surface area contributed by atoms with Gasteiger partial charge in [-0.3, -0.25) is 10.2 Å². The summed E-state index contributed by atoms with van der Waals surface area (Å²) in [6.07, 6.45) is 0.0983. The van der Waals surface area contributed by atoms with E-state index in [2.05, 4.69) is 4.98 Å². The maximum absolute atomic E-state index is 14.2. The van der Waals surface area contributed by atoms with Crippen molar-refractivity contribution in [3.8, 4) is 6.07 Å². The number of halogens is 1. The maximum atomic E-state index is 14.2. The second-order valence-electron chi connectivity index (χ2n) is 5.31. The Morgan fingerprint density at radius 1 is 1.52 bits per heavy atom. The van der Waals surface area contributed by atoms with Gasteiger partial charge in [0.1, 0.15) is 17.6 Å². The van der Waals surface area contributed by atoms with Gasteiger partial charge in [0, 0.05) is 17.4 Å². The molecular formula is C17H13FN4O2S. The van der Waals surface area contributed by atoms with Crippen molar-refractivity contribution in [2.45, 2.75) is 13.3 Å². The molecule has 0 amide bonds. The lowest BCUT2D eigenvalue weighted by molar-refractivity contribution is 0.399. The van der Waals surface area contributed by atoms with Crippen LogP contribution >= 0.6 is 11.3 Å². The van der Waals surface area contributed by atoms with E-state index in [1.165, 1.54) is 35.0 Å². The molecule has 2 aromatic heterocycles. The number of aromatic nitrogens is 2. The lowest BCUT2D eigenvalue weighted by Crippen LogP contribution is -2.20. The van der Waals surface area contributed by atoms with Crippen molar-refractivity contribution in [2.75, 3.05) is 7.11 Å². The minimum absolute atomic E-state index is 0.0434. The van der Waals surface area contributed by atoms with Crippen LogP contribution in [0.1, 0.15) is 27.4 Å². The Morgan fingerprint density at radius 2 is 2.28 bits per heavy atom. The molecule has 2 heterocycles. The van der Waals surface area contributed by atoms with Crippen LogP contribution in [-0.2, 0) is 11.2 Å². The minimum atomic E-state index is -0.601. The summed E-state index contributed by atoms with van der Waals surface area (Å²) >= 11 is 1.26. The summed E-state index contributed by atoms with van der Waals surface area (Å²) in [5, 5.41) is 16.8. The fraction of sp³-hybridized carbons (Fsp3) is 0.176. The zero-order chi connectivity index (χ0) is 18.1. The summed E-state index contributed by atoms with van der Waals surface area (Å²) in [6.45, 7) is 1.78. The van der Waals surface area contributed by atoms with Gasteiger partial charge in [0.05, 0.1) is 18.4 Å². The summed E-state index contributed by atoms with van der Waals surface area (Å²) in [7, 11) is 1.36.